The number of piperidine rings is 1. The van der Waals surface area contributed by atoms with Crippen molar-refractivity contribution in [2.75, 3.05) is 13.1 Å². The number of carboxylic acids is 1. The summed E-state index contributed by atoms with van der Waals surface area (Å²) >= 11 is 6.39. The predicted molar refractivity (Wildman–Crippen MR) is 93.6 cm³/mol. The fraction of sp³-hybridized carbons (Fsp3) is 0.316. The standard InChI is InChI=1S/C19H20ClNO3/c20-17-9-4-10-18(24-15-7-2-1-3-8-15)16(17)13-21-11-5-6-14(12-21)19(22)23/h1-4,7-10,14H,5-6,11-13H2,(H,22,23). The predicted octanol–water partition coefficient (Wildman–Crippen LogP) is 4.43. The van der Waals surface area contributed by atoms with Crippen LogP contribution in [0.3, 0.4) is 0 Å². The number of carbonyl (C=O) groups is 1. The molecule has 0 bridgehead atoms. The Kier molecular flexibility index (Phi) is 5.38. The molecule has 0 spiro atoms. The molecule has 4 nitrogen and oxygen atoms in total. The number of para-hydroxylation sites is 1. The molecule has 24 heavy (non-hydrogen) atoms. The van der Waals surface area contributed by atoms with E-state index in [1.165, 1.54) is 0 Å². The smallest absolute Gasteiger partial charge is 0.307 e. The van der Waals surface area contributed by atoms with Crippen LogP contribution in [0.15, 0.2) is 48.5 Å². The molecule has 1 aliphatic heterocycles. The Labute approximate surface area is 146 Å². The third kappa shape index (κ3) is 4.08. The Bertz CT molecular complexity index is 705. The average molecular weight is 346 g/mol. The largest absolute Gasteiger partial charge is 0.481 e. The number of aliphatic carboxylic acids is 1. The van der Waals surface area contributed by atoms with Crippen molar-refractivity contribution in [1.82, 2.24) is 4.90 Å². The highest BCUT2D eigenvalue weighted by Gasteiger charge is 2.26. The molecule has 1 heterocycles. The van der Waals surface area contributed by atoms with E-state index in [0.29, 0.717) is 23.9 Å². The molecule has 2 aromatic rings. The van der Waals surface area contributed by atoms with Gasteiger partial charge in [-0.2, -0.15) is 0 Å². The molecule has 0 aliphatic carbocycles. The Hall–Kier alpha value is -2.04. The molecule has 0 saturated carbocycles. The normalized spacial score (nSPS) is 18.3. The van der Waals surface area contributed by atoms with Gasteiger partial charge >= 0.3 is 5.97 Å². The summed E-state index contributed by atoms with van der Waals surface area (Å²) in [4.78, 5) is 13.4. The van der Waals surface area contributed by atoms with Crippen molar-refractivity contribution in [3.8, 4) is 11.5 Å². The lowest BCUT2D eigenvalue weighted by molar-refractivity contribution is -0.143. The van der Waals surface area contributed by atoms with Crippen LogP contribution in [-0.4, -0.2) is 29.1 Å². The van der Waals surface area contributed by atoms with Crippen LogP contribution in [0.25, 0.3) is 0 Å². The fourth-order valence-electron chi connectivity index (χ4n) is 3.03. The molecule has 126 valence electrons. The molecule has 0 radical (unpaired) electrons. The highest BCUT2D eigenvalue weighted by molar-refractivity contribution is 6.31. The zero-order valence-corrected chi connectivity index (χ0v) is 14.1. The summed E-state index contributed by atoms with van der Waals surface area (Å²) in [6, 6.07) is 15.2. The molecule has 1 aliphatic rings. The van der Waals surface area contributed by atoms with Gasteiger partial charge in [-0.1, -0.05) is 35.9 Å². The summed E-state index contributed by atoms with van der Waals surface area (Å²) in [6.07, 6.45) is 1.62. The second kappa shape index (κ2) is 7.69. The van der Waals surface area contributed by atoms with E-state index < -0.39 is 5.97 Å². The van der Waals surface area contributed by atoms with Crippen molar-refractivity contribution in [1.29, 1.82) is 0 Å². The molecule has 1 atom stereocenters. The van der Waals surface area contributed by atoms with Crippen LogP contribution in [-0.2, 0) is 11.3 Å². The Morgan fingerprint density at radius 2 is 2.00 bits per heavy atom. The van der Waals surface area contributed by atoms with E-state index in [2.05, 4.69) is 4.90 Å². The number of benzene rings is 2. The highest BCUT2D eigenvalue weighted by Crippen LogP contribution is 2.32. The molecule has 1 fully saturated rings. The van der Waals surface area contributed by atoms with E-state index in [1.54, 1.807) is 0 Å². The van der Waals surface area contributed by atoms with E-state index >= 15 is 0 Å². The topological polar surface area (TPSA) is 49.8 Å². The minimum Gasteiger partial charge on any atom is -0.481 e. The lowest BCUT2D eigenvalue weighted by atomic mass is 9.98. The number of hydrogen-bond donors (Lipinski definition) is 1. The van der Waals surface area contributed by atoms with Crippen molar-refractivity contribution < 1.29 is 14.6 Å². The maximum atomic E-state index is 11.2. The Morgan fingerprint density at radius 3 is 2.75 bits per heavy atom. The van der Waals surface area contributed by atoms with E-state index in [1.807, 2.05) is 48.5 Å². The molecule has 1 N–H and O–H groups in total. The van der Waals surface area contributed by atoms with Gasteiger partial charge in [0.1, 0.15) is 11.5 Å². The zero-order valence-electron chi connectivity index (χ0n) is 13.3. The van der Waals surface area contributed by atoms with Crippen LogP contribution >= 0.6 is 11.6 Å². The van der Waals surface area contributed by atoms with Gasteiger partial charge in [0, 0.05) is 23.7 Å². The maximum absolute atomic E-state index is 11.2. The SMILES string of the molecule is O=C(O)C1CCCN(Cc2c(Cl)cccc2Oc2ccccc2)C1. The van der Waals surface area contributed by atoms with E-state index in [-0.39, 0.29) is 5.92 Å². The van der Waals surface area contributed by atoms with Crippen molar-refractivity contribution in [2.45, 2.75) is 19.4 Å². The lowest BCUT2D eigenvalue weighted by Gasteiger charge is -2.31. The van der Waals surface area contributed by atoms with Crippen molar-refractivity contribution >= 4 is 17.6 Å². The van der Waals surface area contributed by atoms with E-state index in [4.69, 9.17) is 16.3 Å². The second-order valence-electron chi connectivity index (χ2n) is 6.04. The quantitative estimate of drug-likeness (QED) is 0.871. The number of ether oxygens (including phenoxy) is 1. The van der Waals surface area contributed by atoms with Crippen molar-refractivity contribution in [2.24, 2.45) is 5.92 Å². The highest BCUT2D eigenvalue weighted by atomic mass is 35.5. The number of nitrogens with zero attached hydrogens (tertiary/aromatic N) is 1. The number of halogens is 1. The molecule has 2 aromatic carbocycles. The molecule has 0 aromatic heterocycles. The van der Waals surface area contributed by atoms with Crippen molar-refractivity contribution in [3.63, 3.8) is 0 Å². The minimum absolute atomic E-state index is 0.306. The molecule has 0 amide bonds. The first kappa shape index (κ1) is 16.8. The molecular formula is C19H20ClNO3. The minimum atomic E-state index is -0.723. The molecule has 5 heteroatoms. The first-order valence-corrected chi connectivity index (χ1v) is 8.47. The van der Waals surface area contributed by atoms with Crippen LogP contribution in [0, 0.1) is 5.92 Å². The molecular weight excluding hydrogens is 326 g/mol. The van der Waals surface area contributed by atoms with Crippen molar-refractivity contribution in [3.05, 3.63) is 59.1 Å². The Morgan fingerprint density at radius 1 is 1.21 bits per heavy atom. The second-order valence-corrected chi connectivity index (χ2v) is 6.45. The fourth-order valence-corrected chi connectivity index (χ4v) is 3.25. The average Bonchev–Trinajstić information content (AvgIpc) is 2.59. The van der Waals surface area contributed by atoms with Gasteiger partial charge in [-0.05, 0) is 43.7 Å². The summed E-state index contributed by atoms with van der Waals surface area (Å²) in [6.45, 7) is 2.01. The van der Waals surface area contributed by atoms with Gasteiger partial charge in [-0.15, -0.1) is 0 Å². The zero-order chi connectivity index (χ0) is 16.9. The van der Waals surface area contributed by atoms with Gasteiger partial charge in [0.05, 0.1) is 5.92 Å². The summed E-state index contributed by atoms with van der Waals surface area (Å²) in [5.41, 5.74) is 0.897. The first-order valence-electron chi connectivity index (χ1n) is 8.09. The summed E-state index contributed by atoms with van der Waals surface area (Å²) in [5, 5.41) is 9.89. The lowest BCUT2D eigenvalue weighted by Crippen LogP contribution is -2.38. The summed E-state index contributed by atoms with van der Waals surface area (Å²) in [7, 11) is 0. The van der Waals surface area contributed by atoms with Gasteiger partial charge < -0.3 is 9.84 Å². The van der Waals surface area contributed by atoms with Gasteiger partial charge in [-0.3, -0.25) is 9.69 Å². The third-order valence-electron chi connectivity index (χ3n) is 4.28. The number of rotatable bonds is 5. The van der Waals surface area contributed by atoms with Gasteiger partial charge in [0.2, 0.25) is 0 Å². The van der Waals surface area contributed by atoms with Gasteiger partial charge in [0.25, 0.3) is 0 Å². The Balaban J connectivity index is 1.78. The van der Waals surface area contributed by atoms with Gasteiger partial charge in [-0.25, -0.2) is 0 Å². The third-order valence-corrected chi connectivity index (χ3v) is 4.64. The summed E-state index contributed by atoms with van der Waals surface area (Å²) < 4.78 is 5.98. The summed E-state index contributed by atoms with van der Waals surface area (Å²) in [5.74, 6) is 0.438. The van der Waals surface area contributed by atoms with Crippen LogP contribution < -0.4 is 4.74 Å². The van der Waals surface area contributed by atoms with Crippen LogP contribution in [0.5, 0.6) is 11.5 Å². The van der Waals surface area contributed by atoms with E-state index in [9.17, 15) is 9.90 Å². The van der Waals surface area contributed by atoms with Crippen LogP contribution in [0.4, 0.5) is 0 Å². The monoisotopic (exact) mass is 345 g/mol. The molecule has 1 saturated heterocycles. The molecule has 3 rings (SSSR count). The number of hydrogen-bond acceptors (Lipinski definition) is 3. The van der Waals surface area contributed by atoms with Gasteiger partial charge in [0.15, 0.2) is 0 Å². The van der Waals surface area contributed by atoms with Crippen LogP contribution in [0.2, 0.25) is 5.02 Å². The maximum Gasteiger partial charge on any atom is 0.307 e. The van der Waals surface area contributed by atoms with E-state index in [0.717, 1.165) is 30.7 Å². The molecule has 1 unspecified atom stereocenters. The van der Waals surface area contributed by atoms with Crippen LogP contribution in [0.1, 0.15) is 18.4 Å². The first-order chi connectivity index (χ1) is 11.6. The number of carboxylic acid groups (broad SMARTS) is 1. The number of likely N-dealkylation sites (tertiary alicyclic amines) is 1.